The van der Waals surface area contributed by atoms with Crippen LogP contribution in [0.3, 0.4) is 0 Å². The van der Waals surface area contributed by atoms with Crippen molar-refractivity contribution in [1.82, 2.24) is 33.8 Å². The maximum absolute atomic E-state index is 15.8. The summed E-state index contributed by atoms with van der Waals surface area (Å²) in [6.45, 7) is 5.14. The van der Waals surface area contributed by atoms with Crippen LogP contribution in [0.25, 0.3) is 16.9 Å². The van der Waals surface area contributed by atoms with Gasteiger partial charge in [0.15, 0.2) is 11.5 Å². The Bertz CT molecular complexity index is 1780. The number of hydrogen-bond acceptors (Lipinski definition) is 7. The first-order valence-electron chi connectivity index (χ1n) is 11.9. The monoisotopic (exact) mass is 553 g/mol. The lowest BCUT2D eigenvalue weighted by atomic mass is 9.90. The minimum absolute atomic E-state index is 0.0535. The third-order valence-electron chi connectivity index (χ3n) is 6.89. The zero-order valence-corrected chi connectivity index (χ0v) is 22.4. The molecule has 2 N–H and O–H groups in total. The van der Waals surface area contributed by atoms with Gasteiger partial charge in [-0.15, -0.1) is 0 Å². The second kappa shape index (κ2) is 8.46. The number of alkyl halides is 2. The van der Waals surface area contributed by atoms with Gasteiger partial charge in [0.25, 0.3) is 11.5 Å². The molecule has 5 heterocycles. The van der Waals surface area contributed by atoms with E-state index in [2.05, 4.69) is 21.6 Å². The number of nitrogens with zero attached hydrogens (tertiary/aromatic N) is 8. The summed E-state index contributed by atoms with van der Waals surface area (Å²) < 4.78 is 35.6. The summed E-state index contributed by atoms with van der Waals surface area (Å²) in [7, 11) is -0.966. The molecule has 1 saturated heterocycles. The molecule has 1 aliphatic heterocycles. The second-order valence-corrected chi connectivity index (χ2v) is 11.0. The number of aromatic nitrogens is 7. The molecule has 10 nitrogen and oxygen atoms in total. The van der Waals surface area contributed by atoms with Crippen LogP contribution in [0.4, 0.5) is 20.7 Å². The van der Waals surface area contributed by atoms with Crippen LogP contribution in [0.2, 0.25) is 17.6 Å². The van der Waals surface area contributed by atoms with E-state index in [1.54, 1.807) is 42.5 Å². The van der Waals surface area contributed by atoms with E-state index in [9.17, 15) is 4.79 Å². The number of anilines is 2. The molecule has 0 radical (unpaired) electrons. The van der Waals surface area contributed by atoms with Gasteiger partial charge >= 0.3 is 0 Å². The van der Waals surface area contributed by atoms with E-state index >= 15 is 8.78 Å². The van der Waals surface area contributed by atoms with Crippen molar-refractivity contribution in [1.29, 1.82) is 0 Å². The van der Waals surface area contributed by atoms with Crippen LogP contribution >= 0.6 is 11.6 Å². The van der Waals surface area contributed by atoms with Gasteiger partial charge in [-0.2, -0.15) is 33.5 Å². The third kappa shape index (κ3) is 3.31. The molecular weight excluding hydrogens is 532 g/mol. The van der Waals surface area contributed by atoms with Crippen molar-refractivity contribution >= 4 is 44.2 Å². The normalized spacial score (nSPS) is 19.5. The molecule has 194 valence electrons. The average Bonchev–Trinajstić information content (AvgIpc) is 3.56. The van der Waals surface area contributed by atoms with E-state index in [1.165, 1.54) is 30.9 Å². The van der Waals surface area contributed by atoms with E-state index in [-0.39, 0.29) is 39.9 Å². The molecule has 1 fully saturated rings. The Labute approximate surface area is 221 Å². The molecule has 38 heavy (non-hydrogen) atoms. The summed E-state index contributed by atoms with van der Waals surface area (Å²) >= 11 is 6.36. The summed E-state index contributed by atoms with van der Waals surface area (Å²) in [5.74, 6) is -3.32. The lowest BCUT2D eigenvalue weighted by molar-refractivity contribution is 0.0635. The molecular formula is C24H22ClF2N9OSi. The predicted octanol–water partition coefficient (Wildman–Crippen LogP) is 2.70. The fraction of sp³-hybridized carbons (Fsp3) is 0.208. The average molecular weight is 554 g/mol. The molecule has 0 aliphatic carbocycles. The fourth-order valence-corrected chi connectivity index (χ4v) is 7.01. The third-order valence-corrected chi connectivity index (χ3v) is 8.42. The smallest absolute Gasteiger partial charge is 0.288 e. The van der Waals surface area contributed by atoms with E-state index in [0.717, 1.165) is 0 Å². The number of rotatable bonds is 5. The number of hydrogen-bond donors (Lipinski definition) is 1. The highest BCUT2D eigenvalue weighted by molar-refractivity contribution is 6.34. The van der Waals surface area contributed by atoms with Gasteiger partial charge in [0.05, 0.1) is 23.5 Å². The van der Waals surface area contributed by atoms with Gasteiger partial charge < -0.3 is 10.6 Å². The van der Waals surface area contributed by atoms with Crippen molar-refractivity contribution < 1.29 is 8.78 Å². The van der Waals surface area contributed by atoms with Gasteiger partial charge in [-0.3, -0.25) is 9.36 Å². The van der Waals surface area contributed by atoms with Crippen molar-refractivity contribution in [2.24, 2.45) is 0 Å². The molecule has 0 unspecified atom stereocenters. The lowest BCUT2D eigenvalue weighted by Crippen LogP contribution is -2.49. The van der Waals surface area contributed by atoms with E-state index in [4.69, 9.17) is 22.4 Å². The highest BCUT2D eigenvalue weighted by atomic mass is 35.5. The highest BCUT2D eigenvalue weighted by Gasteiger charge is 2.62. The number of nitrogens with two attached hydrogens (primary N) is 1. The van der Waals surface area contributed by atoms with E-state index in [0.29, 0.717) is 11.3 Å². The van der Waals surface area contributed by atoms with Crippen molar-refractivity contribution in [3.05, 3.63) is 88.2 Å². The molecule has 14 heteroatoms. The number of halogens is 3. The molecule has 4 aromatic heterocycles. The largest absolute Gasteiger partial charge is 0.368 e. The Morgan fingerprint density at radius 3 is 2.68 bits per heavy atom. The summed E-state index contributed by atoms with van der Waals surface area (Å²) in [6, 6.07) is 12.2. The van der Waals surface area contributed by atoms with Crippen LogP contribution in [0, 0.1) is 0 Å². The van der Waals surface area contributed by atoms with Gasteiger partial charge in [-0.25, -0.2) is 4.52 Å². The Kier molecular flexibility index (Phi) is 5.40. The molecule has 0 saturated carbocycles. The van der Waals surface area contributed by atoms with Gasteiger partial charge in [-0.1, -0.05) is 42.9 Å². The Balaban J connectivity index is 1.77. The Hall–Kier alpha value is -4.10. The summed E-state index contributed by atoms with van der Waals surface area (Å²) in [6.07, 6.45) is 3.02. The van der Waals surface area contributed by atoms with Gasteiger partial charge in [-0.05, 0) is 24.2 Å². The van der Waals surface area contributed by atoms with Crippen LogP contribution in [-0.4, -0.2) is 55.8 Å². The van der Waals surface area contributed by atoms with Gasteiger partial charge in [0.2, 0.25) is 11.9 Å². The maximum Gasteiger partial charge on any atom is 0.288 e. The first-order chi connectivity index (χ1) is 18.2. The minimum atomic E-state index is -3.34. The van der Waals surface area contributed by atoms with E-state index in [1.807, 2.05) is 6.55 Å². The Morgan fingerprint density at radius 1 is 1.18 bits per heavy atom. The number of fused-ring (bicyclic) bond motifs is 2. The van der Waals surface area contributed by atoms with Crippen LogP contribution in [-0.2, 0) is 5.54 Å². The number of nitrogen functional groups attached to an aromatic ring is 1. The predicted molar refractivity (Wildman–Crippen MR) is 143 cm³/mol. The second-order valence-electron chi connectivity index (χ2n) is 9.12. The molecule has 1 aromatic carbocycles. The van der Waals surface area contributed by atoms with Crippen LogP contribution in [0.1, 0.15) is 5.82 Å². The van der Waals surface area contributed by atoms with Crippen LogP contribution < -0.4 is 16.2 Å². The molecule has 1 aliphatic rings. The van der Waals surface area contributed by atoms with Crippen LogP contribution in [0.5, 0.6) is 0 Å². The zero-order chi connectivity index (χ0) is 26.8. The molecule has 0 spiro atoms. The first kappa shape index (κ1) is 24.2. The standard InChI is InChI=1S/C24H22ClF2N9OSi/c1-14-23(13-38-2,33(12-24(14,26)27)22-31-21(28)30-17-8-10-29-36(17)22)20-32-34-11-9-16(25)18(34)19(37)35(20)15-6-4-3-5-7-15/h3-11H,1,12-13,38H2,2H3,(H2,28,30)/t23-/m0/s1. The van der Waals surface area contributed by atoms with E-state index < -0.39 is 33.1 Å². The van der Waals surface area contributed by atoms with Crippen molar-refractivity contribution in [3.63, 3.8) is 0 Å². The molecule has 0 bridgehead atoms. The molecule has 6 rings (SSSR count). The highest BCUT2D eigenvalue weighted by Crippen LogP contribution is 2.53. The molecule has 1 atom stereocenters. The fourth-order valence-electron chi connectivity index (χ4n) is 5.27. The molecule has 5 aromatic rings. The Morgan fingerprint density at radius 2 is 1.95 bits per heavy atom. The minimum Gasteiger partial charge on any atom is -0.368 e. The van der Waals surface area contributed by atoms with Crippen LogP contribution in [0.15, 0.2) is 71.8 Å². The number of benzene rings is 1. The van der Waals surface area contributed by atoms with Crippen molar-refractivity contribution in [2.75, 3.05) is 17.2 Å². The van der Waals surface area contributed by atoms with Crippen molar-refractivity contribution in [2.45, 2.75) is 24.1 Å². The SMILES string of the molecule is C=C1C(F)(F)CN(c2nc(N)nc3ccnn23)[C@]1(C[SiH2]C)c1nn2ccc(Cl)c2c(=O)n1-c1ccccc1. The topological polar surface area (TPSA) is 112 Å². The summed E-state index contributed by atoms with van der Waals surface area (Å²) in [5, 5.41) is 9.23. The zero-order valence-electron chi connectivity index (χ0n) is 20.2. The van der Waals surface area contributed by atoms with Gasteiger partial charge in [0.1, 0.15) is 11.1 Å². The quantitative estimate of drug-likeness (QED) is 0.263. The molecule has 0 amide bonds. The van der Waals surface area contributed by atoms with Gasteiger partial charge in [0, 0.05) is 27.4 Å². The summed E-state index contributed by atoms with van der Waals surface area (Å²) in [5.41, 5.74) is 4.42. The first-order valence-corrected chi connectivity index (χ1v) is 14.7. The van der Waals surface area contributed by atoms with Crippen molar-refractivity contribution in [3.8, 4) is 5.69 Å². The number of para-hydroxylation sites is 1. The summed E-state index contributed by atoms with van der Waals surface area (Å²) in [4.78, 5) is 23.9. The lowest BCUT2D eigenvalue weighted by Gasteiger charge is -2.39. The maximum atomic E-state index is 15.8.